The summed E-state index contributed by atoms with van der Waals surface area (Å²) in [5.41, 5.74) is -2.24. The van der Waals surface area contributed by atoms with Gasteiger partial charge in [-0.15, -0.1) is 0 Å². The minimum atomic E-state index is -4.61. The topological polar surface area (TPSA) is 127 Å². The Morgan fingerprint density at radius 1 is 1.07 bits per heavy atom. The maximum absolute atomic E-state index is 13.9. The van der Waals surface area contributed by atoms with Crippen molar-refractivity contribution < 1.29 is 35.9 Å². The zero-order valence-electron chi connectivity index (χ0n) is 13.0. The van der Waals surface area contributed by atoms with Crippen LogP contribution in [0.25, 0.3) is 0 Å². The Bertz CT molecular complexity index is 1170. The van der Waals surface area contributed by atoms with Crippen LogP contribution in [0.5, 0.6) is 11.5 Å². The second kappa shape index (κ2) is 5.90. The van der Waals surface area contributed by atoms with E-state index in [1.165, 1.54) is 0 Å². The number of ether oxygens (including phenoxy) is 1. The van der Waals surface area contributed by atoms with Crippen molar-refractivity contribution in [2.75, 3.05) is 0 Å². The van der Waals surface area contributed by atoms with Crippen molar-refractivity contribution in [3.05, 3.63) is 52.8 Å². The molecule has 0 saturated heterocycles. The fraction of sp³-hybridized carbons (Fsp3) is 0.0625. The van der Waals surface area contributed by atoms with Crippen LogP contribution in [0.15, 0.2) is 35.2 Å². The van der Waals surface area contributed by atoms with Crippen molar-refractivity contribution in [1.29, 1.82) is 5.26 Å². The lowest BCUT2D eigenvalue weighted by molar-refractivity contribution is 0.0187. The van der Waals surface area contributed by atoms with Crippen LogP contribution in [0.3, 0.4) is 0 Å². The number of rotatable bonds is 3. The third kappa shape index (κ3) is 2.94. The molecule has 0 aliphatic heterocycles. The van der Waals surface area contributed by atoms with Crippen LogP contribution in [0.1, 0.15) is 26.3 Å². The van der Waals surface area contributed by atoms with Gasteiger partial charge in [-0.3, -0.25) is 9.59 Å². The summed E-state index contributed by atoms with van der Waals surface area (Å²) < 4.78 is 69.7. The normalized spacial score (nSPS) is 15.4. The van der Waals surface area contributed by atoms with Crippen molar-refractivity contribution in [3.8, 4) is 17.6 Å². The van der Waals surface area contributed by atoms with Gasteiger partial charge in [-0.25, -0.2) is 17.9 Å². The molecular weight excluding hydrogens is 389 g/mol. The summed E-state index contributed by atoms with van der Waals surface area (Å²) in [6.45, 7) is 0. The summed E-state index contributed by atoms with van der Waals surface area (Å²) >= 11 is 0. The number of benzene rings is 2. The molecule has 1 aliphatic rings. The number of nitrogens with zero attached hydrogens (tertiary/aromatic N) is 1. The predicted molar refractivity (Wildman–Crippen MR) is 82.6 cm³/mol. The second-order valence-electron chi connectivity index (χ2n) is 5.48. The lowest BCUT2D eigenvalue weighted by Crippen LogP contribution is -2.30. The molecule has 11 heteroatoms. The molecule has 7 nitrogen and oxygen atoms in total. The van der Waals surface area contributed by atoms with Crippen LogP contribution in [0, 0.1) is 17.1 Å². The SMILES string of the molecule is N#Cc1cc(F)cc(Oc2ccc(S(N)(=O)=O)c3c2C(=O)C(F)(F)C3=O)c1. The van der Waals surface area contributed by atoms with Crippen LogP contribution >= 0.6 is 0 Å². The van der Waals surface area contributed by atoms with Crippen molar-refractivity contribution in [2.45, 2.75) is 10.8 Å². The molecule has 0 heterocycles. The zero-order chi connectivity index (χ0) is 20.1. The average Bonchev–Trinajstić information content (AvgIpc) is 2.75. The number of nitrogens with two attached hydrogens (primary N) is 1. The third-order valence-electron chi connectivity index (χ3n) is 3.69. The Morgan fingerprint density at radius 3 is 2.30 bits per heavy atom. The van der Waals surface area contributed by atoms with Gasteiger partial charge >= 0.3 is 5.92 Å². The largest absolute Gasteiger partial charge is 0.456 e. The summed E-state index contributed by atoms with van der Waals surface area (Å²) in [6, 6.07) is 5.95. The lowest BCUT2D eigenvalue weighted by atomic mass is 10.1. The Balaban J connectivity index is 2.24. The first-order valence-corrected chi connectivity index (χ1v) is 8.57. The van der Waals surface area contributed by atoms with Gasteiger partial charge in [0, 0.05) is 6.07 Å². The van der Waals surface area contributed by atoms with E-state index in [0.29, 0.717) is 0 Å². The van der Waals surface area contributed by atoms with E-state index in [9.17, 15) is 31.2 Å². The van der Waals surface area contributed by atoms with Crippen LogP contribution in [-0.4, -0.2) is 25.9 Å². The first-order chi connectivity index (χ1) is 12.5. The third-order valence-corrected chi connectivity index (χ3v) is 4.64. The second-order valence-corrected chi connectivity index (χ2v) is 7.01. The average molecular weight is 396 g/mol. The molecule has 0 saturated carbocycles. The van der Waals surface area contributed by atoms with E-state index in [2.05, 4.69) is 0 Å². The number of ketones is 2. The molecule has 0 atom stereocenters. The molecule has 0 radical (unpaired) electrons. The molecule has 1 aliphatic carbocycles. The highest BCUT2D eigenvalue weighted by Gasteiger charge is 2.58. The monoisotopic (exact) mass is 396 g/mol. The maximum Gasteiger partial charge on any atom is 0.371 e. The molecule has 27 heavy (non-hydrogen) atoms. The molecule has 0 aromatic heterocycles. The highest BCUT2D eigenvalue weighted by molar-refractivity contribution is 7.89. The molecule has 0 amide bonds. The molecule has 0 spiro atoms. The maximum atomic E-state index is 13.9. The summed E-state index contributed by atoms with van der Waals surface area (Å²) in [4.78, 5) is 22.9. The van der Waals surface area contributed by atoms with Gasteiger partial charge in [0.15, 0.2) is 0 Å². The molecule has 2 N–H and O–H groups in total. The molecule has 2 aromatic rings. The van der Waals surface area contributed by atoms with E-state index in [1.807, 2.05) is 0 Å². The Labute approximate surface area is 149 Å². The minimum Gasteiger partial charge on any atom is -0.456 e. The molecule has 0 fully saturated rings. The first-order valence-electron chi connectivity index (χ1n) is 7.02. The fourth-order valence-corrected chi connectivity index (χ4v) is 3.30. The van der Waals surface area contributed by atoms with Crippen LogP contribution in [-0.2, 0) is 10.0 Å². The molecule has 0 unspecified atom stereocenters. The van der Waals surface area contributed by atoms with E-state index in [1.54, 1.807) is 6.07 Å². The fourth-order valence-electron chi connectivity index (χ4n) is 2.57. The van der Waals surface area contributed by atoms with Gasteiger partial charge in [-0.2, -0.15) is 14.0 Å². The summed E-state index contributed by atoms with van der Waals surface area (Å²) in [7, 11) is -4.61. The van der Waals surface area contributed by atoms with Crippen LogP contribution in [0.2, 0.25) is 0 Å². The number of Topliss-reactive ketones (excluding diaryl/α,β-unsaturated/α-hetero) is 2. The molecule has 2 aromatic carbocycles. The number of alkyl halides is 2. The van der Waals surface area contributed by atoms with Crippen molar-refractivity contribution in [1.82, 2.24) is 0 Å². The van der Waals surface area contributed by atoms with Crippen LogP contribution < -0.4 is 9.88 Å². The summed E-state index contributed by atoms with van der Waals surface area (Å²) in [6.07, 6.45) is 0. The molecule has 138 valence electrons. The number of halogens is 3. The van der Waals surface area contributed by atoms with Crippen molar-refractivity contribution in [3.63, 3.8) is 0 Å². The summed E-state index contributed by atoms with van der Waals surface area (Å²) in [5.74, 6) is -10.3. The van der Waals surface area contributed by atoms with E-state index in [0.717, 1.165) is 30.3 Å². The van der Waals surface area contributed by atoms with Crippen molar-refractivity contribution in [2.24, 2.45) is 5.14 Å². The van der Waals surface area contributed by atoms with E-state index in [4.69, 9.17) is 15.1 Å². The summed E-state index contributed by atoms with van der Waals surface area (Å²) in [5, 5.41) is 13.8. The standard InChI is InChI=1S/C16H7F3N2O5S/c17-8-3-7(6-20)4-9(5-8)26-10-1-2-11(27(21,24)25)13-12(10)14(22)16(18,19)15(13)23/h1-5H,(H2,21,24,25). The highest BCUT2D eigenvalue weighted by Crippen LogP contribution is 2.43. The number of carbonyl (C=O) groups excluding carboxylic acids is 2. The number of carbonyl (C=O) groups is 2. The smallest absolute Gasteiger partial charge is 0.371 e. The van der Waals surface area contributed by atoms with Crippen molar-refractivity contribution >= 4 is 21.6 Å². The first kappa shape index (κ1) is 18.6. The van der Waals surface area contributed by atoms with E-state index >= 15 is 0 Å². The predicted octanol–water partition coefficient (Wildman–Crippen LogP) is 2.15. The number of sulfonamides is 1. The van der Waals surface area contributed by atoms with Gasteiger partial charge in [0.05, 0.1) is 27.7 Å². The number of hydrogen-bond acceptors (Lipinski definition) is 6. The minimum absolute atomic E-state index is 0.157. The van der Waals surface area contributed by atoms with Crippen LogP contribution in [0.4, 0.5) is 13.2 Å². The zero-order valence-corrected chi connectivity index (χ0v) is 13.8. The number of primary sulfonamides is 1. The Hall–Kier alpha value is -3.23. The molecular formula is C16H7F3N2O5S. The van der Waals surface area contributed by atoms with Gasteiger partial charge in [-0.05, 0) is 24.3 Å². The van der Waals surface area contributed by atoms with Gasteiger partial charge in [0.25, 0.3) is 0 Å². The van der Waals surface area contributed by atoms with Gasteiger partial charge < -0.3 is 4.74 Å². The molecule has 0 bridgehead atoms. The Morgan fingerprint density at radius 2 is 1.70 bits per heavy atom. The Kier molecular flexibility index (Phi) is 4.05. The number of fused-ring (bicyclic) bond motifs is 1. The van der Waals surface area contributed by atoms with Gasteiger partial charge in [0.2, 0.25) is 21.6 Å². The van der Waals surface area contributed by atoms with E-state index < -0.39 is 55.1 Å². The number of hydrogen-bond donors (Lipinski definition) is 1. The number of nitriles is 1. The lowest BCUT2D eigenvalue weighted by Gasteiger charge is -2.11. The molecule has 3 rings (SSSR count). The highest BCUT2D eigenvalue weighted by atomic mass is 32.2. The quantitative estimate of drug-likeness (QED) is 0.792. The van der Waals surface area contributed by atoms with E-state index in [-0.39, 0.29) is 11.3 Å². The van der Waals surface area contributed by atoms with Gasteiger partial charge in [0.1, 0.15) is 17.3 Å². The van der Waals surface area contributed by atoms with Gasteiger partial charge in [-0.1, -0.05) is 0 Å².